The molecule has 4 rings (SSSR count). The zero-order valence-electron chi connectivity index (χ0n) is 18.1. The Balaban J connectivity index is 1.48. The zero-order chi connectivity index (χ0) is 21.0. The van der Waals surface area contributed by atoms with Gasteiger partial charge in [-0.05, 0) is 48.7 Å². The zero-order valence-corrected chi connectivity index (χ0v) is 18.1. The summed E-state index contributed by atoms with van der Waals surface area (Å²) in [6.45, 7) is 7.02. The minimum atomic E-state index is -0.364. The van der Waals surface area contributed by atoms with Crippen molar-refractivity contribution in [1.29, 1.82) is 0 Å². The summed E-state index contributed by atoms with van der Waals surface area (Å²) in [5.41, 5.74) is 3.80. The van der Waals surface area contributed by atoms with Gasteiger partial charge >= 0.3 is 6.09 Å². The maximum absolute atomic E-state index is 12.2. The molecule has 30 heavy (non-hydrogen) atoms. The largest absolute Gasteiger partial charge is 0.412 e. The third kappa shape index (κ3) is 4.17. The molecular formula is C25H33N3O2. The maximum Gasteiger partial charge on any atom is 0.412 e. The van der Waals surface area contributed by atoms with Crippen molar-refractivity contribution in [2.75, 3.05) is 18.0 Å². The maximum atomic E-state index is 12.2. The van der Waals surface area contributed by atoms with Crippen LogP contribution in [0.2, 0.25) is 0 Å². The van der Waals surface area contributed by atoms with E-state index in [1.807, 2.05) is 6.07 Å². The number of ether oxygens (including phenoxy) is 1. The van der Waals surface area contributed by atoms with Gasteiger partial charge in [0, 0.05) is 24.2 Å². The molecule has 0 radical (unpaired) electrons. The van der Waals surface area contributed by atoms with Crippen molar-refractivity contribution in [1.82, 2.24) is 10.6 Å². The minimum absolute atomic E-state index is 0.0140. The first-order valence-electron chi connectivity index (χ1n) is 11.3. The standard InChI is InChI=1S/C25H33N3O2/c1-3-4-5-9-15-27-24(29)30-20-12-13-22-21(17-20)25(2)14-16-26-23(25)28(22)18-19-10-7-6-8-11-19/h6-8,10-13,17,23,26H,3-5,9,14-16,18H2,1-2H3,(H,27,29)/t23?,25-/m0/s1. The molecule has 2 aliphatic rings. The quantitative estimate of drug-likeness (QED) is 0.608. The lowest BCUT2D eigenvalue weighted by atomic mass is 9.81. The van der Waals surface area contributed by atoms with Gasteiger partial charge in [-0.15, -0.1) is 0 Å². The molecule has 1 unspecified atom stereocenters. The van der Waals surface area contributed by atoms with Gasteiger partial charge in [0.05, 0.1) is 6.17 Å². The molecule has 2 aromatic carbocycles. The molecule has 0 bridgehead atoms. The number of carbonyl (C=O) groups is 1. The van der Waals surface area contributed by atoms with Gasteiger partial charge in [-0.25, -0.2) is 4.79 Å². The Kier molecular flexibility index (Phi) is 6.28. The van der Waals surface area contributed by atoms with Crippen LogP contribution in [0.15, 0.2) is 48.5 Å². The summed E-state index contributed by atoms with van der Waals surface area (Å²) in [5, 5.41) is 6.56. The molecule has 5 nitrogen and oxygen atoms in total. The number of amides is 1. The van der Waals surface area contributed by atoms with Gasteiger partial charge in [-0.3, -0.25) is 5.32 Å². The Morgan fingerprint density at radius 3 is 2.83 bits per heavy atom. The molecule has 160 valence electrons. The number of hydrogen-bond acceptors (Lipinski definition) is 4. The van der Waals surface area contributed by atoms with Crippen LogP contribution >= 0.6 is 0 Å². The number of fused-ring (bicyclic) bond motifs is 3. The lowest BCUT2D eigenvalue weighted by molar-refractivity contribution is 0.200. The van der Waals surface area contributed by atoms with Crippen molar-refractivity contribution in [3.63, 3.8) is 0 Å². The number of nitrogens with zero attached hydrogens (tertiary/aromatic N) is 1. The van der Waals surface area contributed by atoms with E-state index in [1.54, 1.807) is 0 Å². The van der Waals surface area contributed by atoms with Crippen LogP contribution in [0.3, 0.4) is 0 Å². The van der Waals surface area contributed by atoms with Gasteiger partial charge < -0.3 is 15.0 Å². The first-order valence-corrected chi connectivity index (χ1v) is 11.3. The van der Waals surface area contributed by atoms with E-state index in [9.17, 15) is 4.79 Å². The molecule has 0 spiro atoms. The molecule has 5 heteroatoms. The van der Waals surface area contributed by atoms with Crippen LogP contribution in [-0.2, 0) is 12.0 Å². The highest BCUT2D eigenvalue weighted by atomic mass is 16.6. The van der Waals surface area contributed by atoms with E-state index in [4.69, 9.17) is 4.74 Å². The Morgan fingerprint density at radius 1 is 1.20 bits per heavy atom. The third-order valence-corrected chi connectivity index (χ3v) is 6.50. The van der Waals surface area contributed by atoms with Crippen molar-refractivity contribution in [2.24, 2.45) is 0 Å². The second-order valence-electron chi connectivity index (χ2n) is 8.69. The van der Waals surface area contributed by atoms with E-state index in [1.165, 1.54) is 29.7 Å². The summed E-state index contributed by atoms with van der Waals surface area (Å²) < 4.78 is 5.60. The average Bonchev–Trinajstić information content (AvgIpc) is 3.24. The molecule has 2 N–H and O–H groups in total. The second-order valence-corrected chi connectivity index (χ2v) is 8.69. The van der Waals surface area contributed by atoms with E-state index >= 15 is 0 Å². The van der Waals surface area contributed by atoms with Gasteiger partial charge in [-0.1, -0.05) is 63.4 Å². The van der Waals surface area contributed by atoms with Crippen molar-refractivity contribution in [3.8, 4) is 5.75 Å². The number of unbranched alkanes of at least 4 members (excludes halogenated alkanes) is 3. The second kappa shape index (κ2) is 9.09. The summed E-state index contributed by atoms with van der Waals surface area (Å²) in [6.07, 6.45) is 5.49. The number of benzene rings is 2. The Morgan fingerprint density at radius 2 is 2.03 bits per heavy atom. The minimum Gasteiger partial charge on any atom is -0.410 e. The summed E-state index contributed by atoms with van der Waals surface area (Å²) in [7, 11) is 0. The molecule has 2 aliphatic heterocycles. The monoisotopic (exact) mass is 407 g/mol. The highest BCUT2D eigenvalue weighted by Crippen LogP contribution is 2.50. The van der Waals surface area contributed by atoms with Crippen LogP contribution in [0.4, 0.5) is 10.5 Å². The van der Waals surface area contributed by atoms with E-state index in [2.05, 4.69) is 71.8 Å². The van der Waals surface area contributed by atoms with Crippen molar-refractivity contribution < 1.29 is 9.53 Å². The van der Waals surface area contributed by atoms with Crippen LogP contribution in [0.25, 0.3) is 0 Å². The van der Waals surface area contributed by atoms with Gasteiger partial charge in [0.15, 0.2) is 0 Å². The highest BCUT2D eigenvalue weighted by Gasteiger charge is 2.50. The van der Waals surface area contributed by atoms with Crippen LogP contribution < -0.4 is 20.3 Å². The van der Waals surface area contributed by atoms with Crippen LogP contribution in [0, 0.1) is 0 Å². The lowest BCUT2D eigenvalue weighted by Crippen LogP contribution is -2.46. The van der Waals surface area contributed by atoms with Gasteiger partial charge in [-0.2, -0.15) is 0 Å². The molecule has 0 aromatic heterocycles. The summed E-state index contributed by atoms with van der Waals surface area (Å²) in [4.78, 5) is 14.7. The SMILES string of the molecule is CCCCCCNC(=O)Oc1ccc2c(c1)[C@]1(C)CCNC1N2Cc1ccccc1. The molecule has 2 heterocycles. The summed E-state index contributed by atoms with van der Waals surface area (Å²) in [6, 6.07) is 16.7. The molecule has 1 fully saturated rings. The molecular weight excluding hydrogens is 374 g/mol. The van der Waals surface area contributed by atoms with Gasteiger partial charge in [0.1, 0.15) is 5.75 Å². The smallest absolute Gasteiger partial charge is 0.410 e. The first kappa shape index (κ1) is 20.7. The van der Waals surface area contributed by atoms with Crippen LogP contribution in [0.1, 0.15) is 57.1 Å². The highest BCUT2D eigenvalue weighted by molar-refractivity contribution is 5.72. The van der Waals surface area contributed by atoms with Crippen molar-refractivity contribution >= 4 is 11.8 Å². The summed E-state index contributed by atoms with van der Waals surface area (Å²) >= 11 is 0. The number of carbonyl (C=O) groups excluding carboxylic acids is 1. The van der Waals surface area contributed by atoms with E-state index in [0.717, 1.165) is 32.4 Å². The third-order valence-electron chi connectivity index (χ3n) is 6.50. The van der Waals surface area contributed by atoms with E-state index in [-0.39, 0.29) is 17.7 Å². The molecule has 1 saturated heterocycles. The fourth-order valence-corrected chi connectivity index (χ4v) is 4.83. The number of anilines is 1. The van der Waals surface area contributed by atoms with Gasteiger partial charge in [0.2, 0.25) is 0 Å². The molecule has 2 aromatic rings. The van der Waals surface area contributed by atoms with Crippen LogP contribution in [-0.4, -0.2) is 25.3 Å². The first-order chi connectivity index (χ1) is 14.6. The topological polar surface area (TPSA) is 53.6 Å². The molecule has 1 amide bonds. The molecule has 0 aliphatic carbocycles. The van der Waals surface area contributed by atoms with Crippen LogP contribution in [0.5, 0.6) is 5.75 Å². The number of hydrogen-bond donors (Lipinski definition) is 2. The predicted octanol–water partition coefficient (Wildman–Crippen LogP) is 4.95. The Bertz CT molecular complexity index is 870. The number of rotatable bonds is 8. The number of nitrogens with one attached hydrogen (secondary N) is 2. The normalized spacial score (nSPS) is 21.9. The fourth-order valence-electron chi connectivity index (χ4n) is 4.83. The molecule has 2 atom stereocenters. The van der Waals surface area contributed by atoms with E-state index < -0.39 is 0 Å². The van der Waals surface area contributed by atoms with E-state index in [0.29, 0.717) is 12.3 Å². The van der Waals surface area contributed by atoms with Crippen molar-refractivity contribution in [3.05, 3.63) is 59.7 Å². The summed E-state index contributed by atoms with van der Waals surface area (Å²) in [5.74, 6) is 0.619. The lowest BCUT2D eigenvalue weighted by Gasteiger charge is -2.31. The fraction of sp³-hybridized carbons (Fsp3) is 0.480. The Labute approximate surface area is 179 Å². The molecule has 0 saturated carbocycles. The average molecular weight is 408 g/mol. The van der Waals surface area contributed by atoms with Crippen molar-refractivity contribution in [2.45, 2.75) is 64.1 Å². The predicted molar refractivity (Wildman–Crippen MR) is 121 cm³/mol. The van der Waals surface area contributed by atoms with Gasteiger partial charge in [0.25, 0.3) is 0 Å². The Hall–Kier alpha value is -2.53.